The van der Waals surface area contributed by atoms with E-state index < -0.39 is 24.5 Å². The summed E-state index contributed by atoms with van der Waals surface area (Å²) in [7, 11) is 0. The molecule has 1 aromatic heterocycles. The van der Waals surface area contributed by atoms with Crippen molar-refractivity contribution in [2.75, 3.05) is 6.61 Å². The van der Waals surface area contributed by atoms with Crippen LogP contribution in [0.25, 0.3) is 11.0 Å². The molecule has 108 valence electrons. The summed E-state index contributed by atoms with van der Waals surface area (Å²) in [6, 6.07) is 3.95. The molecule has 1 aliphatic heterocycles. The van der Waals surface area contributed by atoms with Gasteiger partial charge in [0.1, 0.15) is 18.3 Å². The smallest absolute Gasteiger partial charge is 0.164 e. The first kappa shape index (κ1) is 13.5. The number of rotatable bonds is 2. The summed E-state index contributed by atoms with van der Waals surface area (Å²) in [5, 5.41) is 29.1. The highest BCUT2D eigenvalue weighted by molar-refractivity contribution is 5.77. The van der Waals surface area contributed by atoms with Crippen molar-refractivity contribution < 1.29 is 20.1 Å². The topological polar surface area (TPSA) is 87.7 Å². The summed E-state index contributed by atoms with van der Waals surface area (Å²) >= 11 is 0. The summed E-state index contributed by atoms with van der Waals surface area (Å²) in [4.78, 5) is 4.30. The first-order valence-electron chi connectivity index (χ1n) is 6.59. The van der Waals surface area contributed by atoms with Gasteiger partial charge in [0.25, 0.3) is 0 Å². The molecule has 0 amide bonds. The minimum atomic E-state index is -1.10. The molecular formula is C14H18N2O4. The molecule has 20 heavy (non-hydrogen) atoms. The third kappa shape index (κ3) is 1.92. The molecule has 1 fully saturated rings. The van der Waals surface area contributed by atoms with Crippen LogP contribution in [0.5, 0.6) is 0 Å². The number of aliphatic hydroxyl groups excluding tert-OH is 3. The zero-order chi connectivity index (χ0) is 14.4. The van der Waals surface area contributed by atoms with Gasteiger partial charge in [-0.1, -0.05) is 0 Å². The van der Waals surface area contributed by atoms with E-state index in [2.05, 4.69) is 4.98 Å². The zero-order valence-electron chi connectivity index (χ0n) is 11.4. The Hall–Kier alpha value is -1.47. The lowest BCUT2D eigenvalue weighted by Crippen LogP contribution is -2.33. The monoisotopic (exact) mass is 278 g/mol. The van der Waals surface area contributed by atoms with Crippen LogP contribution in [-0.4, -0.2) is 49.8 Å². The van der Waals surface area contributed by atoms with Gasteiger partial charge in [0, 0.05) is 0 Å². The highest BCUT2D eigenvalue weighted by Crippen LogP contribution is 2.32. The molecule has 1 aliphatic rings. The van der Waals surface area contributed by atoms with Gasteiger partial charge < -0.3 is 24.6 Å². The van der Waals surface area contributed by atoms with Crippen LogP contribution in [0.1, 0.15) is 17.4 Å². The van der Waals surface area contributed by atoms with E-state index in [0.29, 0.717) is 0 Å². The van der Waals surface area contributed by atoms with Gasteiger partial charge in [0.15, 0.2) is 6.23 Å². The Morgan fingerprint density at radius 2 is 1.90 bits per heavy atom. The van der Waals surface area contributed by atoms with Crippen LogP contribution in [0.4, 0.5) is 0 Å². The summed E-state index contributed by atoms with van der Waals surface area (Å²) < 4.78 is 7.23. The predicted molar refractivity (Wildman–Crippen MR) is 72.2 cm³/mol. The van der Waals surface area contributed by atoms with Gasteiger partial charge in [-0.05, 0) is 37.1 Å². The quantitative estimate of drug-likeness (QED) is 0.733. The molecule has 0 bridgehead atoms. The van der Waals surface area contributed by atoms with Crippen molar-refractivity contribution in [1.29, 1.82) is 0 Å². The third-order valence-electron chi connectivity index (χ3n) is 3.98. The number of fused-ring (bicyclic) bond motifs is 1. The molecule has 0 saturated carbocycles. The number of benzene rings is 1. The molecule has 3 N–H and O–H groups in total. The van der Waals surface area contributed by atoms with E-state index in [1.54, 1.807) is 10.9 Å². The van der Waals surface area contributed by atoms with Crippen molar-refractivity contribution in [3.05, 3.63) is 29.6 Å². The zero-order valence-corrected chi connectivity index (χ0v) is 11.4. The molecule has 6 nitrogen and oxygen atoms in total. The maximum Gasteiger partial charge on any atom is 0.164 e. The fraction of sp³-hybridized carbons (Fsp3) is 0.500. The van der Waals surface area contributed by atoms with E-state index in [-0.39, 0.29) is 6.61 Å². The highest BCUT2D eigenvalue weighted by atomic mass is 16.6. The SMILES string of the molecule is Cc1cc2ncn([C@@H]3O[C@H](CO)[C@@H](O)[C@H]3O)c2cc1C. The molecule has 6 heteroatoms. The number of ether oxygens (including phenoxy) is 1. The molecule has 1 aromatic carbocycles. The van der Waals surface area contributed by atoms with Crippen LogP contribution in [0.15, 0.2) is 18.5 Å². The summed E-state index contributed by atoms with van der Waals surface area (Å²) in [5.41, 5.74) is 3.91. The Bertz CT molecular complexity index is 639. The van der Waals surface area contributed by atoms with Crippen LogP contribution in [0, 0.1) is 13.8 Å². The fourth-order valence-corrected chi connectivity index (χ4v) is 2.60. The Kier molecular flexibility index (Phi) is 3.25. The summed E-state index contributed by atoms with van der Waals surface area (Å²) in [6.45, 7) is 3.68. The molecule has 0 radical (unpaired) electrons. The van der Waals surface area contributed by atoms with Crippen LogP contribution in [0.2, 0.25) is 0 Å². The number of aryl methyl sites for hydroxylation is 2. The molecular weight excluding hydrogens is 260 g/mol. The van der Waals surface area contributed by atoms with E-state index in [4.69, 9.17) is 9.84 Å². The van der Waals surface area contributed by atoms with Gasteiger partial charge in [-0.25, -0.2) is 4.98 Å². The van der Waals surface area contributed by atoms with E-state index in [9.17, 15) is 10.2 Å². The Morgan fingerprint density at radius 3 is 2.55 bits per heavy atom. The molecule has 3 rings (SSSR count). The van der Waals surface area contributed by atoms with Crippen molar-refractivity contribution in [3.8, 4) is 0 Å². The molecule has 1 saturated heterocycles. The lowest BCUT2D eigenvalue weighted by atomic mass is 10.1. The van der Waals surface area contributed by atoms with Crippen LogP contribution < -0.4 is 0 Å². The minimum Gasteiger partial charge on any atom is -0.394 e. The Morgan fingerprint density at radius 1 is 1.20 bits per heavy atom. The van der Waals surface area contributed by atoms with Crippen molar-refractivity contribution >= 4 is 11.0 Å². The van der Waals surface area contributed by atoms with Gasteiger partial charge in [-0.15, -0.1) is 0 Å². The Labute approximate surface area is 116 Å². The molecule has 0 spiro atoms. The lowest BCUT2D eigenvalue weighted by Gasteiger charge is -2.17. The second-order valence-corrected chi connectivity index (χ2v) is 5.31. The second-order valence-electron chi connectivity index (χ2n) is 5.31. The maximum absolute atomic E-state index is 10.1. The average molecular weight is 278 g/mol. The van der Waals surface area contributed by atoms with Crippen LogP contribution >= 0.6 is 0 Å². The van der Waals surface area contributed by atoms with E-state index in [0.717, 1.165) is 22.2 Å². The lowest BCUT2D eigenvalue weighted by molar-refractivity contribution is -0.0508. The van der Waals surface area contributed by atoms with Crippen LogP contribution in [-0.2, 0) is 4.74 Å². The van der Waals surface area contributed by atoms with E-state index >= 15 is 0 Å². The minimum absolute atomic E-state index is 0.334. The largest absolute Gasteiger partial charge is 0.394 e. The highest BCUT2D eigenvalue weighted by Gasteiger charge is 2.43. The first-order chi connectivity index (χ1) is 9.52. The summed E-state index contributed by atoms with van der Waals surface area (Å²) in [6.07, 6.45) is -2.13. The Balaban J connectivity index is 2.05. The number of imidazole rings is 1. The number of aliphatic hydroxyl groups is 3. The average Bonchev–Trinajstić information content (AvgIpc) is 2.94. The second kappa shape index (κ2) is 4.82. The van der Waals surface area contributed by atoms with Gasteiger partial charge in [-0.2, -0.15) is 0 Å². The van der Waals surface area contributed by atoms with E-state index in [1.165, 1.54) is 0 Å². The molecule has 0 aliphatic carbocycles. The number of aromatic nitrogens is 2. The van der Waals surface area contributed by atoms with Gasteiger partial charge in [0.05, 0.1) is 24.0 Å². The number of nitrogens with zero attached hydrogens (tertiary/aromatic N) is 2. The molecule has 2 heterocycles. The van der Waals surface area contributed by atoms with Crippen LogP contribution in [0.3, 0.4) is 0 Å². The number of hydrogen-bond donors (Lipinski definition) is 3. The normalized spacial score (nSPS) is 30.2. The van der Waals surface area contributed by atoms with Crippen molar-refractivity contribution in [2.24, 2.45) is 0 Å². The molecule has 0 unspecified atom stereocenters. The van der Waals surface area contributed by atoms with E-state index in [1.807, 2.05) is 26.0 Å². The fourth-order valence-electron chi connectivity index (χ4n) is 2.60. The van der Waals surface area contributed by atoms with Gasteiger partial charge in [-0.3, -0.25) is 0 Å². The van der Waals surface area contributed by atoms with Gasteiger partial charge in [0.2, 0.25) is 0 Å². The first-order valence-corrected chi connectivity index (χ1v) is 6.59. The van der Waals surface area contributed by atoms with Crippen molar-refractivity contribution in [3.63, 3.8) is 0 Å². The standard InChI is InChI=1S/C14H18N2O4/c1-7-3-9-10(4-8(7)2)16(6-15-9)14-13(19)12(18)11(5-17)20-14/h3-4,6,11-14,17-19H,5H2,1-2H3/t11-,12-,13-,14-/m1/s1. The predicted octanol–water partition coefficient (Wildman–Crippen LogP) is 0.265. The summed E-state index contributed by atoms with van der Waals surface area (Å²) in [5.74, 6) is 0. The number of hydrogen-bond acceptors (Lipinski definition) is 5. The van der Waals surface area contributed by atoms with Crippen molar-refractivity contribution in [2.45, 2.75) is 38.4 Å². The van der Waals surface area contributed by atoms with Gasteiger partial charge >= 0.3 is 0 Å². The third-order valence-corrected chi connectivity index (χ3v) is 3.98. The maximum atomic E-state index is 10.1. The molecule has 2 aromatic rings. The molecule has 4 atom stereocenters. The van der Waals surface area contributed by atoms with Crippen molar-refractivity contribution in [1.82, 2.24) is 9.55 Å².